The third kappa shape index (κ3) is 3.80. The fraction of sp³-hybridized carbons (Fsp3) is 0.200. The Morgan fingerprint density at radius 2 is 2.04 bits per heavy atom. The maximum atomic E-state index is 12.4. The first-order valence-electron chi connectivity index (χ1n) is 8.81. The van der Waals surface area contributed by atoms with Crippen molar-refractivity contribution in [3.8, 4) is 0 Å². The van der Waals surface area contributed by atoms with Crippen molar-refractivity contribution in [1.29, 1.82) is 0 Å². The van der Waals surface area contributed by atoms with Crippen molar-refractivity contribution in [2.45, 2.75) is 31.0 Å². The summed E-state index contributed by atoms with van der Waals surface area (Å²) < 4.78 is 0. The molecule has 0 radical (unpaired) electrons. The first-order chi connectivity index (χ1) is 13.7. The molecule has 0 spiro atoms. The van der Waals surface area contributed by atoms with Gasteiger partial charge in [0.2, 0.25) is 5.91 Å². The molecule has 0 aliphatic heterocycles. The van der Waals surface area contributed by atoms with Gasteiger partial charge in [0.1, 0.15) is 16.2 Å². The van der Waals surface area contributed by atoms with E-state index in [4.69, 9.17) is 4.98 Å². The zero-order valence-electron chi connectivity index (χ0n) is 15.5. The number of aryl methyl sites for hydroxylation is 1. The molecule has 3 aromatic heterocycles. The molecule has 0 saturated heterocycles. The zero-order valence-corrected chi connectivity index (χ0v) is 17.9. The third-order valence-corrected chi connectivity index (χ3v) is 6.98. The number of para-hydroxylation sites is 1. The maximum Gasteiger partial charge on any atom is 0.230 e. The Bertz CT molecular complexity index is 1120. The normalized spacial score (nSPS) is 11.1. The number of thiazole rings is 1. The highest BCUT2D eigenvalue weighted by Gasteiger charge is 2.20. The Labute approximate surface area is 175 Å². The number of carbonyl (C=O) groups is 1. The highest BCUT2D eigenvalue weighted by Crippen LogP contribution is 2.34. The predicted octanol–water partition coefficient (Wildman–Crippen LogP) is 5.69. The van der Waals surface area contributed by atoms with Crippen LogP contribution in [0.5, 0.6) is 0 Å². The first-order valence-corrected chi connectivity index (χ1v) is 11.6. The number of nitrogens with zero attached hydrogens (tertiary/aromatic N) is 4. The van der Waals surface area contributed by atoms with Gasteiger partial charge in [-0.05, 0) is 29.5 Å². The van der Waals surface area contributed by atoms with E-state index in [9.17, 15) is 4.79 Å². The minimum atomic E-state index is -0.0368. The van der Waals surface area contributed by atoms with E-state index in [-0.39, 0.29) is 5.91 Å². The van der Waals surface area contributed by atoms with Gasteiger partial charge in [-0.2, -0.15) is 0 Å². The average molecular weight is 427 g/mol. The van der Waals surface area contributed by atoms with Gasteiger partial charge >= 0.3 is 0 Å². The lowest BCUT2D eigenvalue weighted by atomic mass is 10.1. The zero-order chi connectivity index (χ0) is 19.5. The molecule has 5 nitrogen and oxygen atoms in total. The van der Waals surface area contributed by atoms with E-state index in [1.54, 1.807) is 41.2 Å². The predicted molar refractivity (Wildman–Crippen MR) is 118 cm³/mol. The Hall–Kier alpha value is -2.29. The summed E-state index contributed by atoms with van der Waals surface area (Å²) in [4.78, 5) is 28.5. The lowest BCUT2D eigenvalue weighted by molar-refractivity contribution is -0.115. The van der Waals surface area contributed by atoms with Crippen molar-refractivity contribution < 1.29 is 4.79 Å². The van der Waals surface area contributed by atoms with E-state index >= 15 is 0 Å². The van der Waals surface area contributed by atoms with Gasteiger partial charge in [-0.1, -0.05) is 36.9 Å². The van der Waals surface area contributed by atoms with Gasteiger partial charge in [0.15, 0.2) is 5.13 Å². The quantitative estimate of drug-likeness (QED) is 0.293. The molecule has 8 heteroatoms. The van der Waals surface area contributed by atoms with Gasteiger partial charge in [-0.15, -0.1) is 22.7 Å². The van der Waals surface area contributed by atoms with E-state index in [1.807, 2.05) is 35.0 Å². The van der Waals surface area contributed by atoms with Crippen LogP contribution in [0.15, 0.2) is 52.4 Å². The molecule has 0 saturated carbocycles. The summed E-state index contributed by atoms with van der Waals surface area (Å²) in [6, 6.07) is 10.0. The number of amides is 1. The van der Waals surface area contributed by atoms with E-state index in [0.717, 1.165) is 38.6 Å². The molecule has 3 heterocycles. The van der Waals surface area contributed by atoms with Crippen molar-refractivity contribution in [1.82, 2.24) is 15.0 Å². The summed E-state index contributed by atoms with van der Waals surface area (Å²) in [5.41, 5.74) is 2.97. The number of hydrogen-bond acceptors (Lipinski definition) is 7. The van der Waals surface area contributed by atoms with Gasteiger partial charge in [0.05, 0.1) is 11.4 Å². The molecular weight excluding hydrogens is 408 g/mol. The minimum absolute atomic E-state index is 0.0368. The third-order valence-electron chi connectivity index (χ3n) is 4.24. The van der Waals surface area contributed by atoms with Crippen molar-refractivity contribution in [3.05, 3.63) is 58.7 Å². The van der Waals surface area contributed by atoms with Crippen LogP contribution in [-0.2, 0) is 17.0 Å². The molecule has 28 heavy (non-hydrogen) atoms. The molecule has 0 bridgehead atoms. The largest absolute Gasteiger partial charge is 0.274 e. The summed E-state index contributed by atoms with van der Waals surface area (Å²) in [5, 5.41) is 6.78. The second-order valence-corrected chi connectivity index (χ2v) is 8.76. The Balaban J connectivity index is 1.57. The summed E-state index contributed by atoms with van der Waals surface area (Å²) in [6.45, 7) is 3.67. The lowest BCUT2D eigenvalue weighted by Gasteiger charge is -2.20. The second kappa shape index (κ2) is 8.38. The van der Waals surface area contributed by atoms with Crippen LogP contribution in [0.2, 0.25) is 0 Å². The van der Waals surface area contributed by atoms with Crippen LogP contribution in [0.25, 0.3) is 10.2 Å². The molecule has 142 valence electrons. The molecule has 4 aromatic rings. The number of anilines is 2. The van der Waals surface area contributed by atoms with Gasteiger partial charge < -0.3 is 0 Å². The van der Waals surface area contributed by atoms with Gasteiger partial charge in [0, 0.05) is 23.4 Å². The summed E-state index contributed by atoms with van der Waals surface area (Å²) in [7, 11) is 0. The smallest absolute Gasteiger partial charge is 0.230 e. The monoisotopic (exact) mass is 426 g/mol. The highest BCUT2D eigenvalue weighted by atomic mass is 32.2. The van der Waals surface area contributed by atoms with Crippen LogP contribution in [0, 0.1) is 0 Å². The summed E-state index contributed by atoms with van der Waals surface area (Å²) >= 11 is 4.74. The Kier molecular flexibility index (Phi) is 5.70. The van der Waals surface area contributed by atoms with Crippen LogP contribution in [0.4, 0.5) is 10.8 Å². The average Bonchev–Trinajstić information content (AvgIpc) is 3.36. The molecule has 0 fully saturated rings. The van der Waals surface area contributed by atoms with Crippen LogP contribution in [0.3, 0.4) is 0 Å². The van der Waals surface area contributed by atoms with E-state index in [0.29, 0.717) is 10.9 Å². The number of aromatic nitrogens is 3. The second-order valence-electron chi connectivity index (χ2n) is 6.07. The van der Waals surface area contributed by atoms with Crippen LogP contribution in [-0.4, -0.2) is 20.9 Å². The number of benzene rings is 1. The fourth-order valence-corrected chi connectivity index (χ4v) is 5.58. The van der Waals surface area contributed by atoms with Crippen LogP contribution >= 0.6 is 34.4 Å². The van der Waals surface area contributed by atoms with E-state index in [1.165, 1.54) is 11.3 Å². The van der Waals surface area contributed by atoms with Crippen LogP contribution < -0.4 is 4.90 Å². The highest BCUT2D eigenvalue weighted by molar-refractivity contribution is 7.98. The molecule has 0 N–H and O–H groups in total. The number of thiophene rings is 1. The van der Waals surface area contributed by atoms with Crippen molar-refractivity contribution in [2.75, 3.05) is 4.90 Å². The number of carbonyl (C=O) groups excluding carboxylic acids is 1. The summed E-state index contributed by atoms with van der Waals surface area (Å²) in [5.74, 6) is 0.657. The van der Waals surface area contributed by atoms with E-state index < -0.39 is 0 Å². The Morgan fingerprint density at radius 3 is 2.86 bits per heavy atom. The SMILES string of the molecule is CCc1ccccc1N(C(C)=O)c1nc(CSc2ncnc3sccc23)cs1. The summed E-state index contributed by atoms with van der Waals surface area (Å²) in [6.07, 6.45) is 2.46. The molecule has 1 amide bonds. The standard InChI is InChI=1S/C20H18N4OS3/c1-3-14-6-4-5-7-17(14)24(13(2)25)20-23-15(11-28-20)10-27-19-16-8-9-26-18(16)21-12-22-19/h4-9,11-12H,3,10H2,1-2H3. The number of fused-ring (bicyclic) bond motifs is 1. The number of rotatable bonds is 6. The first kappa shape index (κ1) is 19.0. The molecular formula is C20H18N4OS3. The Morgan fingerprint density at radius 1 is 1.18 bits per heavy atom. The number of hydrogen-bond donors (Lipinski definition) is 0. The molecule has 0 aliphatic rings. The van der Waals surface area contributed by atoms with Crippen molar-refractivity contribution >= 4 is 61.4 Å². The maximum absolute atomic E-state index is 12.4. The van der Waals surface area contributed by atoms with Crippen LogP contribution in [0.1, 0.15) is 25.1 Å². The van der Waals surface area contributed by atoms with Gasteiger partial charge in [0.25, 0.3) is 0 Å². The lowest BCUT2D eigenvalue weighted by Crippen LogP contribution is -2.23. The number of thioether (sulfide) groups is 1. The van der Waals surface area contributed by atoms with Crippen molar-refractivity contribution in [3.63, 3.8) is 0 Å². The van der Waals surface area contributed by atoms with Gasteiger partial charge in [-0.25, -0.2) is 15.0 Å². The molecule has 0 unspecified atom stereocenters. The van der Waals surface area contributed by atoms with E-state index in [2.05, 4.69) is 23.0 Å². The molecule has 1 aromatic carbocycles. The molecule has 4 rings (SSSR count). The van der Waals surface area contributed by atoms with Gasteiger partial charge in [-0.3, -0.25) is 9.69 Å². The van der Waals surface area contributed by atoms with Crippen molar-refractivity contribution in [2.24, 2.45) is 0 Å². The molecule has 0 aliphatic carbocycles. The minimum Gasteiger partial charge on any atom is -0.274 e. The molecule has 0 atom stereocenters. The topological polar surface area (TPSA) is 59.0 Å². The fourth-order valence-electron chi connectivity index (χ4n) is 2.93.